The molecule has 3 fully saturated rings. The van der Waals surface area contributed by atoms with Crippen molar-refractivity contribution in [1.29, 1.82) is 0 Å². The summed E-state index contributed by atoms with van der Waals surface area (Å²) in [7, 11) is -2.41. The van der Waals surface area contributed by atoms with Crippen LogP contribution in [0.15, 0.2) is 35.2 Å². The van der Waals surface area contributed by atoms with E-state index in [1.54, 1.807) is 17.0 Å². The van der Waals surface area contributed by atoms with E-state index in [2.05, 4.69) is 15.0 Å². The van der Waals surface area contributed by atoms with Gasteiger partial charge in [0.05, 0.1) is 29.9 Å². The van der Waals surface area contributed by atoms with E-state index >= 15 is 0 Å². The molecule has 10 nitrogen and oxygen atoms in total. The number of nitrogens with one attached hydrogen (secondary N) is 2. The zero-order valence-corrected chi connectivity index (χ0v) is 23.3. The third kappa shape index (κ3) is 6.16. The van der Waals surface area contributed by atoms with Crippen molar-refractivity contribution in [1.82, 2.24) is 9.71 Å². The molecule has 3 heterocycles. The van der Waals surface area contributed by atoms with Crippen LogP contribution < -0.4 is 24.6 Å². The van der Waals surface area contributed by atoms with Crippen molar-refractivity contribution in [3.8, 4) is 5.75 Å². The molecule has 0 bridgehead atoms. The van der Waals surface area contributed by atoms with Gasteiger partial charge in [-0.1, -0.05) is 0 Å². The second-order valence-electron chi connectivity index (χ2n) is 10.8. The van der Waals surface area contributed by atoms with E-state index in [-0.39, 0.29) is 49.8 Å². The normalized spacial score (nSPS) is 19.9. The number of piperidine rings is 2. The SMILES string of the molecule is COc1ccc(NC(=O)c2ccc(S(=O)(=O)NCCO)cc2N2CCC3(CC2)CC3)nc1N1CCC(F)(F)CC1. The number of alkyl halides is 2. The molecule has 2 aliphatic heterocycles. The highest BCUT2D eigenvalue weighted by Crippen LogP contribution is 2.54. The number of rotatable bonds is 9. The number of aliphatic hydroxyl groups excluding tert-OH is 1. The molecule has 40 heavy (non-hydrogen) atoms. The number of sulfonamides is 1. The van der Waals surface area contributed by atoms with Gasteiger partial charge in [0.2, 0.25) is 10.0 Å². The van der Waals surface area contributed by atoms with Gasteiger partial charge >= 0.3 is 0 Å². The highest BCUT2D eigenvalue weighted by atomic mass is 32.2. The number of methoxy groups -OCH3 is 1. The first-order chi connectivity index (χ1) is 19.0. The first-order valence-electron chi connectivity index (χ1n) is 13.5. The summed E-state index contributed by atoms with van der Waals surface area (Å²) in [5.74, 6) is -2.18. The summed E-state index contributed by atoms with van der Waals surface area (Å²) < 4.78 is 60.8. The summed E-state index contributed by atoms with van der Waals surface area (Å²) in [6.45, 7) is 1.17. The summed E-state index contributed by atoms with van der Waals surface area (Å²) >= 11 is 0. The molecular formula is C27H35F2N5O5S. The van der Waals surface area contributed by atoms with Crippen molar-refractivity contribution in [3.05, 3.63) is 35.9 Å². The monoisotopic (exact) mass is 579 g/mol. The molecule has 13 heteroatoms. The Hall–Kier alpha value is -3.03. The molecule has 0 atom stereocenters. The van der Waals surface area contributed by atoms with Gasteiger partial charge in [-0.05, 0) is 61.4 Å². The lowest BCUT2D eigenvalue weighted by molar-refractivity contribution is -0.0222. The Labute approximate surface area is 232 Å². The van der Waals surface area contributed by atoms with Crippen LogP contribution in [0.3, 0.4) is 0 Å². The van der Waals surface area contributed by atoms with E-state index in [9.17, 15) is 22.0 Å². The molecule has 1 aromatic carbocycles. The lowest BCUT2D eigenvalue weighted by atomic mass is 9.93. The van der Waals surface area contributed by atoms with Crippen LogP contribution in [0.4, 0.5) is 26.1 Å². The van der Waals surface area contributed by atoms with Crippen LogP contribution in [0, 0.1) is 5.41 Å². The number of halogens is 2. The molecule has 0 radical (unpaired) electrons. The van der Waals surface area contributed by atoms with E-state index in [1.165, 1.54) is 38.2 Å². The number of benzene rings is 1. The fraction of sp³-hybridized carbons (Fsp3) is 0.556. The van der Waals surface area contributed by atoms with Crippen molar-refractivity contribution in [2.24, 2.45) is 5.41 Å². The van der Waals surface area contributed by atoms with Gasteiger partial charge < -0.3 is 25.0 Å². The molecular weight excluding hydrogens is 544 g/mol. The lowest BCUT2D eigenvalue weighted by Crippen LogP contribution is -2.40. The maximum Gasteiger partial charge on any atom is 0.258 e. The molecule has 1 aromatic heterocycles. The van der Waals surface area contributed by atoms with E-state index in [1.807, 2.05) is 4.90 Å². The maximum absolute atomic E-state index is 13.7. The second kappa shape index (κ2) is 11.1. The summed E-state index contributed by atoms with van der Waals surface area (Å²) in [5, 5.41) is 11.9. The minimum absolute atomic E-state index is 0.00553. The average Bonchev–Trinajstić information content (AvgIpc) is 3.70. The van der Waals surface area contributed by atoms with Crippen LogP contribution in [0.1, 0.15) is 48.9 Å². The number of carbonyl (C=O) groups excluding carboxylic acids is 1. The van der Waals surface area contributed by atoms with Gasteiger partial charge in [-0.25, -0.2) is 26.9 Å². The number of aromatic nitrogens is 1. The first kappa shape index (κ1) is 28.5. The third-order valence-electron chi connectivity index (χ3n) is 8.15. The molecule has 3 N–H and O–H groups in total. The van der Waals surface area contributed by atoms with E-state index in [4.69, 9.17) is 9.84 Å². The zero-order chi connectivity index (χ0) is 28.5. The van der Waals surface area contributed by atoms with E-state index in [0.717, 1.165) is 12.8 Å². The summed E-state index contributed by atoms with van der Waals surface area (Å²) in [5.41, 5.74) is 1.18. The Balaban J connectivity index is 1.41. The summed E-state index contributed by atoms with van der Waals surface area (Å²) in [4.78, 5) is 21.9. The fourth-order valence-electron chi connectivity index (χ4n) is 5.41. The van der Waals surface area contributed by atoms with Crippen molar-refractivity contribution in [3.63, 3.8) is 0 Å². The molecule has 1 aliphatic carbocycles. The quantitative estimate of drug-likeness (QED) is 0.414. The van der Waals surface area contributed by atoms with Crippen molar-refractivity contribution in [2.75, 3.05) is 61.6 Å². The largest absolute Gasteiger partial charge is 0.493 e. The number of pyridine rings is 1. The highest BCUT2D eigenvalue weighted by molar-refractivity contribution is 7.89. The molecule has 2 aromatic rings. The maximum atomic E-state index is 13.7. The summed E-state index contributed by atoms with van der Waals surface area (Å²) in [6, 6.07) is 7.56. The highest BCUT2D eigenvalue weighted by Gasteiger charge is 2.44. The average molecular weight is 580 g/mol. The van der Waals surface area contributed by atoms with Gasteiger partial charge in [0, 0.05) is 45.6 Å². The number of anilines is 3. The van der Waals surface area contributed by atoms with Gasteiger partial charge in [0.1, 0.15) is 5.82 Å². The third-order valence-corrected chi connectivity index (χ3v) is 9.60. The first-order valence-corrected chi connectivity index (χ1v) is 15.0. The number of carbonyl (C=O) groups is 1. The minimum atomic E-state index is -3.88. The smallest absolute Gasteiger partial charge is 0.258 e. The van der Waals surface area contributed by atoms with Gasteiger partial charge in [-0.15, -0.1) is 0 Å². The Kier molecular flexibility index (Phi) is 7.90. The van der Waals surface area contributed by atoms with Crippen molar-refractivity contribution in [2.45, 2.75) is 49.3 Å². The van der Waals surface area contributed by atoms with E-state index in [0.29, 0.717) is 41.3 Å². The van der Waals surface area contributed by atoms with Crippen LogP contribution >= 0.6 is 0 Å². The Bertz CT molecular complexity index is 1350. The molecule has 1 spiro atoms. The zero-order valence-electron chi connectivity index (χ0n) is 22.5. The molecule has 1 saturated carbocycles. The van der Waals surface area contributed by atoms with Crippen LogP contribution in [0.2, 0.25) is 0 Å². The fourth-order valence-corrected chi connectivity index (χ4v) is 6.46. The second-order valence-corrected chi connectivity index (χ2v) is 12.6. The van der Waals surface area contributed by atoms with E-state index < -0.39 is 21.9 Å². The van der Waals surface area contributed by atoms with Gasteiger partial charge in [0.15, 0.2) is 11.6 Å². The number of hydrogen-bond donors (Lipinski definition) is 3. The number of nitrogens with zero attached hydrogens (tertiary/aromatic N) is 3. The van der Waals surface area contributed by atoms with Gasteiger partial charge in [-0.3, -0.25) is 4.79 Å². The topological polar surface area (TPSA) is 124 Å². The molecule has 0 unspecified atom stereocenters. The predicted octanol–water partition coefficient (Wildman–Crippen LogP) is 3.23. The van der Waals surface area contributed by atoms with Crippen molar-refractivity contribution < 1.29 is 31.8 Å². The Morgan fingerprint density at radius 2 is 1.70 bits per heavy atom. The Morgan fingerprint density at radius 3 is 2.33 bits per heavy atom. The van der Waals surface area contributed by atoms with Crippen molar-refractivity contribution >= 4 is 33.3 Å². The molecule has 5 rings (SSSR count). The number of aliphatic hydroxyl groups is 1. The van der Waals surface area contributed by atoms with Crippen LogP contribution in [-0.4, -0.2) is 76.8 Å². The predicted molar refractivity (Wildman–Crippen MR) is 147 cm³/mol. The lowest BCUT2D eigenvalue weighted by Gasteiger charge is -2.35. The van der Waals surface area contributed by atoms with Gasteiger partial charge in [-0.2, -0.15) is 0 Å². The molecule has 3 aliphatic rings. The number of ether oxygens (including phenoxy) is 1. The number of hydrogen-bond acceptors (Lipinski definition) is 8. The van der Waals surface area contributed by atoms with Crippen LogP contribution in [0.25, 0.3) is 0 Å². The standard InChI is InChI=1S/C27H35F2N5O5S/c1-39-22-4-5-23(31-24(22)34-15-10-27(28,29)11-16-34)32-25(36)20-3-2-19(40(37,38)30-12-17-35)18-21(20)33-13-8-26(6-7-26)9-14-33/h2-5,18,30,35H,6-17H2,1H3,(H,31,32,36). The van der Waals surface area contributed by atoms with Crippen LogP contribution in [0.5, 0.6) is 5.75 Å². The molecule has 1 amide bonds. The summed E-state index contributed by atoms with van der Waals surface area (Å²) in [6.07, 6.45) is 3.77. The molecule has 2 saturated heterocycles. The van der Waals surface area contributed by atoms with Crippen LogP contribution in [-0.2, 0) is 10.0 Å². The minimum Gasteiger partial charge on any atom is -0.493 e. The number of amides is 1. The molecule has 218 valence electrons. The van der Waals surface area contributed by atoms with Gasteiger partial charge in [0.25, 0.3) is 11.8 Å². The Morgan fingerprint density at radius 1 is 1.02 bits per heavy atom.